The van der Waals surface area contributed by atoms with Crippen molar-refractivity contribution in [1.29, 1.82) is 5.26 Å². The fraction of sp³-hybridized carbons (Fsp3) is 0.500. The zero-order chi connectivity index (χ0) is 15.0. The molecule has 2 aliphatic rings. The Hall–Kier alpha value is -1.54. The average Bonchev–Trinajstić information content (AvgIpc) is 2.69. The lowest BCUT2D eigenvalue weighted by molar-refractivity contribution is -0.138. The maximum atomic E-state index is 10.9. The molecule has 0 amide bonds. The number of benzene rings is 1. The first-order chi connectivity index (χ1) is 10.1. The summed E-state index contributed by atoms with van der Waals surface area (Å²) in [6.45, 7) is 0. The summed E-state index contributed by atoms with van der Waals surface area (Å²) in [7, 11) is 0. The number of carboxylic acids is 1. The van der Waals surface area contributed by atoms with Crippen molar-refractivity contribution in [2.24, 2.45) is 5.92 Å². The van der Waals surface area contributed by atoms with Crippen molar-refractivity contribution < 1.29 is 9.90 Å². The first-order valence-corrected chi connectivity index (χ1v) is 8.07. The maximum Gasteiger partial charge on any atom is 0.303 e. The van der Waals surface area contributed by atoms with Crippen LogP contribution < -0.4 is 4.90 Å². The van der Waals surface area contributed by atoms with Crippen molar-refractivity contribution >= 4 is 27.6 Å². The molecule has 2 unspecified atom stereocenters. The zero-order valence-electron chi connectivity index (χ0n) is 11.6. The average molecular weight is 349 g/mol. The van der Waals surface area contributed by atoms with E-state index in [1.54, 1.807) is 0 Å². The van der Waals surface area contributed by atoms with Crippen molar-refractivity contribution in [2.45, 2.75) is 44.2 Å². The van der Waals surface area contributed by atoms with E-state index < -0.39 is 5.97 Å². The van der Waals surface area contributed by atoms with Crippen LogP contribution in [-0.4, -0.2) is 23.2 Å². The van der Waals surface area contributed by atoms with Gasteiger partial charge in [-0.3, -0.25) is 4.79 Å². The summed E-state index contributed by atoms with van der Waals surface area (Å²) in [5.41, 5.74) is 1.79. The largest absolute Gasteiger partial charge is 0.481 e. The third-order valence-electron chi connectivity index (χ3n) is 4.65. The summed E-state index contributed by atoms with van der Waals surface area (Å²) < 4.78 is 0.954. The molecule has 0 spiro atoms. The third kappa shape index (κ3) is 2.77. The molecular formula is C16H17BrN2O2. The van der Waals surface area contributed by atoms with Crippen molar-refractivity contribution in [1.82, 2.24) is 0 Å². The number of aliphatic carboxylic acids is 1. The van der Waals surface area contributed by atoms with Gasteiger partial charge in [-0.2, -0.15) is 5.26 Å². The summed E-state index contributed by atoms with van der Waals surface area (Å²) >= 11 is 3.57. The quantitative estimate of drug-likeness (QED) is 0.907. The lowest BCUT2D eigenvalue weighted by atomic mass is 9.88. The summed E-state index contributed by atoms with van der Waals surface area (Å²) in [6.07, 6.45) is 4.46. The second-order valence-corrected chi connectivity index (χ2v) is 6.86. The number of halogens is 1. The number of rotatable bonds is 3. The smallest absolute Gasteiger partial charge is 0.303 e. The molecule has 1 N–H and O–H groups in total. The van der Waals surface area contributed by atoms with Gasteiger partial charge in [0.05, 0.1) is 17.3 Å². The number of piperidine rings is 1. The molecule has 2 atom stereocenters. The van der Waals surface area contributed by atoms with Crippen LogP contribution in [0.5, 0.6) is 0 Å². The Morgan fingerprint density at radius 2 is 2.05 bits per heavy atom. The van der Waals surface area contributed by atoms with Crippen LogP contribution in [0.4, 0.5) is 5.69 Å². The molecule has 4 nitrogen and oxygen atoms in total. The molecule has 0 radical (unpaired) electrons. The summed E-state index contributed by atoms with van der Waals surface area (Å²) in [6, 6.07) is 8.72. The number of carbonyl (C=O) groups is 1. The highest BCUT2D eigenvalue weighted by Gasteiger charge is 2.41. The number of nitriles is 1. The number of anilines is 1. The molecule has 2 saturated heterocycles. The topological polar surface area (TPSA) is 64.3 Å². The van der Waals surface area contributed by atoms with Crippen LogP contribution >= 0.6 is 15.9 Å². The van der Waals surface area contributed by atoms with E-state index in [-0.39, 0.29) is 6.42 Å². The molecule has 0 saturated carbocycles. The van der Waals surface area contributed by atoms with E-state index in [9.17, 15) is 4.79 Å². The highest BCUT2D eigenvalue weighted by Crippen LogP contribution is 2.44. The van der Waals surface area contributed by atoms with Gasteiger partial charge in [0.2, 0.25) is 0 Å². The van der Waals surface area contributed by atoms with E-state index in [2.05, 4.69) is 26.9 Å². The molecule has 21 heavy (non-hydrogen) atoms. The Morgan fingerprint density at radius 1 is 1.38 bits per heavy atom. The van der Waals surface area contributed by atoms with Crippen molar-refractivity contribution in [2.75, 3.05) is 4.90 Å². The Morgan fingerprint density at radius 3 is 2.57 bits per heavy atom. The molecule has 2 bridgehead atoms. The first kappa shape index (κ1) is 14.4. The van der Waals surface area contributed by atoms with Gasteiger partial charge in [0.15, 0.2) is 0 Å². The molecule has 1 aromatic carbocycles. The third-order valence-corrected chi connectivity index (χ3v) is 5.28. The number of hydrogen-bond donors (Lipinski definition) is 1. The molecule has 1 aromatic rings. The second kappa shape index (κ2) is 5.69. The van der Waals surface area contributed by atoms with E-state index in [4.69, 9.17) is 10.4 Å². The molecule has 2 heterocycles. The van der Waals surface area contributed by atoms with E-state index in [1.807, 2.05) is 18.2 Å². The van der Waals surface area contributed by atoms with Gasteiger partial charge in [0.1, 0.15) is 0 Å². The van der Waals surface area contributed by atoms with Gasteiger partial charge in [-0.15, -0.1) is 0 Å². The SMILES string of the molecule is N#Cc1ccc(N2C3CCC2CC(CC(=O)O)C3)c(Br)c1. The van der Waals surface area contributed by atoms with Gasteiger partial charge in [-0.25, -0.2) is 0 Å². The lowest BCUT2D eigenvalue weighted by Crippen LogP contribution is -2.43. The van der Waals surface area contributed by atoms with Gasteiger partial charge in [0.25, 0.3) is 0 Å². The number of fused-ring (bicyclic) bond motifs is 2. The molecule has 0 aromatic heterocycles. The van der Waals surface area contributed by atoms with Crippen LogP contribution in [0, 0.1) is 17.2 Å². The molecule has 3 rings (SSSR count). The van der Waals surface area contributed by atoms with Gasteiger partial charge in [0, 0.05) is 23.0 Å². The summed E-state index contributed by atoms with van der Waals surface area (Å²) in [5.74, 6) is -0.388. The molecule has 5 heteroatoms. The highest BCUT2D eigenvalue weighted by atomic mass is 79.9. The predicted molar refractivity (Wildman–Crippen MR) is 83.1 cm³/mol. The molecule has 0 aliphatic carbocycles. The monoisotopic (exact) mass is 348 g/mol. The second-order valence-electron chi connectivity index (χ2n) is 6.01. The van der Waals surface area contributed by atoms with Crippen molar-refractivity contribution in [3.8, 4) is 6.07 Å². The molecule has 2 aliphatic heterocycles. The standard InChI is InChI=1S/C16H17BrN2O2/c17-14-7-10(9-18)1-4-15(14)19-12-2-3-13(19)6-11(5-12)8-16(20)21/h1,4,7,11-13H,2-3,5-6,8H2,(H,20,21). The summed E-state index contributed by atoms with van der Waals surface area (Å²) in [4.78, 5) is 13.4. The number of nitrogens with zero attached hydrogens (tertiary/aromatic N) is 2. The fourth-order valence-electron chi connectivity index (χ4n) is 3.88. The van der Waals surface area contributed by atoms with Crippen molar-refractivity contribution in [3.05, 3.63) is 28.2 Å². The van der Waals surface area contributed by atoms with Crippen LogP contribution in [0.1, 0.15) is 37.7 Å². The molecule has 2 fully saturated rings. The predicted octanol–water partition coefficient (Wildman–Crippen LogP) is 3.54. The number of carboxylic acid groups (broad SMARTS) is 1. The van der Waals surface area contributed by atoms with Crippen molar-refractivity contribution in [3.63, 3.8) is 0 Å². The van der Waals surface area contributed by atoms with Crippen LogP contribution in [0.15, 0.2) is 22.7 Å². The Bertz CT molecular complexity index is 597. The maximum absolute atomic E-state index is 10.9. The first-order valence-electron chi connectivity index (χ1n) is 7.28. The Kier molecular flexibility index (Phi) is 3.90. The van der Waals surface area contributed by atoms with Gasteiger partial charge in [-0.05, 0) is 65.7 Å². The number of hydrogen-bond acceptors (Lipinski definition) is 3. The Labute approximate surface area is 132 Å². The van der Waals surface area contributed by atoms with E-state index in [0.29, 0.717) is 23.6 Å². The van der Waals surface area contributed by atoms with Crippen LogP contribution in [0.25, 0.3) is 0 Å². The van der Waals surface area contributed by atoms with E-state index >= 15 is 0 Å². The van der Waals surface area contributed by atoms with E-state index in [1.165, 1.54) is 0 Å². The molecule has 110 valence electrons. The Balaban J connectivity index is 1.82. The normalized spacial score (nSPS) is 27.4. The highest BCUT2D eigenvalue weighted by molar-refractivity contribution is 9.10. The zero-order valence-corrected chi connectivity index (χ0v) is 13.2. The van der Waals surface area contributed by atoms with Gasteiger partial charge < -0.3 is 10.0 Å². The van der Waals surface area contributed by atoms with Gasteiger partial charge in [-0.1, -0.05) is 0 Å². The van der Waals surface area contributed by atoms with Gasteiger partial charge >= 0.3 is 5.97 Å². The lowest BCUT2D eigenvalue weighted by Gasteiger charge is -2.40. The minimum atomic E-state index is -0.688. The van der Waals surface area contributed by atoms with Crippen LogP contribution in [-0.2, 0) is 4.79 Å². The minimum absolute atomic E-state index is 0.287. The van der Waals surface area contributed by atoms with E-state index in [0.717, 1.165) is 35.8 Å². The molecular weight excluding hydrogens is 332 g/mol. The van der Waals surface area contributed by atoms with Crippen LogP contribution in [0.2, 0.25) is 0 Å². The fourth-order valence-corrected chi connectivity index (χ4v) is 4.47. The summed E-state index contributed by atoms with van der Waals surface area (Å²) in [5, 5.41) is 17.9. The van der Waals surface area contributed by atoms with Crippen LogP contribution in [0.3, 0.4) is 0 Å². The minimum Gasteiger partial charge on any atom is -0.481 e.